The number of nitrogens with zero attached hydrogens (tertiary/aromatic N) is 1. The number of carbonyl (C=O) groups is 1. The van der Waals surface area contributed by atoms with E-state index in [0.717, 1.165) is 38.5 Å². The van der Waals surface area contributed by atoms with Crippen LogP contribution in [-0.2, 0) is 9.53 Å². The van der Waals surface area contributed by atoms with E-state index in [0.29, 0.717) is 13.2 Å². The van der Waals surface area contributed by atoms with Gasteiger partial charge in [0.1, 0.15) is 0 Å². The molecule has 2 rings (SSSR count). The summed E-state index contributed by atoms with van der Waals surface area (Å²) in [6, 6.07) is 0. The monoisotopic (exact) mass is 254 g/mol. The van der Waals surface area contributed by atoms with Gasteiger partial charge in [-0.15, -0.1) is 0 Å². The second-order valence-electron chi connectivity index (χ2n) is 5.81. The van der Waals surface area contributed by atoms with Gasteiger partial charge >= 0.3 is 0 Å². The maximum absolute atomic E-state index is 12.5. The maximum atomic E-state index is 12.5. The zero-order valence-electron chi connectivity index (χ0n) is 11.7. The van der Waals surface area contributed by atoms with Crippen LogP contribution in [0.5, 0.6) is 0 Å². The average molecular weight is 254 g/mol. The Morgan fingerprint density at radius 3 is 2.83 bits per heavy atom. The molecule has 1 saturated heterocycles. The van der Waals surface area contributed by atoms with E-state index in [1.165, 1.54) is 12.8 Å². The van der Waals surface area contributed by atoms with Gasteiger partial charge in [-0.25, -0.2) is 0 Å². The predicted octanol–water partition coefficient (Wildman–Crippen LogP) is 1.26. The lowest BCUT2D eigenvalue weighted by Crippen LogP contribution is -2.44. The lowest BCUT2D eigenvalue weighted by Gasteiger charge is -2.30. The van der Waals surface area contributed by atoms with Gasteiger partial charge in [0.2, 0.25) is 5.91 Å². The largest absolute Gasteiger partial charge is 0.379 e. The Bertz CT molecular complexity index is 284. The van der Waals surface area contributed by atoms with Gasteiger partial charge in [0.25, 0.3) is 0 Å². The smallest absolute Gasteiger partial charge is 0.229 e. The number of amides is 1. The highest BCUT2D eigenvalue weighted by molar-refractivity contribution is 5.83. The molecule has 2 aliphatic rings. The van der Waals surface area contributed by atoms with Gasteiger partial charge in [0.05, 0.1) is 12.0 Å². The van der Waals surface area contributed by atoms with Crippen molar-refractivity contribution < 1.29 is 9.53 Å². The molecule has 1 aliphatic heterocycles. The zero-order valence-corrected chi connectivity index (χ0v) is 11.7. The van der Waals surface area contributed by atoms with Crippen LogP contribution < -0.4 is 5.32 Å². The Morgan fingerprint density at radius 1 is 1.50 bits per heavy atom. The summed E-state index contributed by atoms with van der Waals surface area (Å²) in [5, 5.41) is 3.31. The van der Waals surface area contributed by atoms with Crippen LogP contribution in [0.3, 0.4) is 0 Å². The first-order valence-electron chi connectivity index (χ1n) is 7.22. The number of nitrogens with one attached hydrogen (secondary N) is 1. The highest BCUT2D eigenvalue weighted by Gasteiger charge is 2.40. The summed E-state index contributed by atoms with van der Waals surface area (Å²) in [6.45, 7) is 6.17. The number of ether oxygens (including phenoxy) is 1. The average Bonchev–Trinajstić information content (AvgIpc) is 3.08. The standard InChI is InChI=1S/C14H26N2O2/c1-3-14(6-7-15-11-14)13(17)16(2)8-9-18-10-12-4-5-12/h12,15H,3-11H2,1-2H3. The third-order valence-corrected chi connectivity index (χ3v) is 4.34. The number of hydrogen-bond acceptors (Lipinski definition) is 3. The topological polar surface area (TPSA) is 41.6 Å². The van der Waals surface area contributed by atoms with E-state index in [1.807, 2.05) is 11.9 Å². The van der Waals surface area contributed by atoms with Crippen LogP contribution in [0.2, 0.25) is 0 Å². The van der Waals surface area contributed by atoms with Gasteiger partial charge in [-0.3, -0.25) is 4.79 Å². The molecule has 0 aromatic heterocycles. The van der Waals surface area contributed by atoms with Gasteiger partial charge in [-0.2, -0.15) is 0 Å². The van der Waals surface area contributed by atoms with Gasteiger partial charge in [-0.05, 0) is 38.1 Å². The predicted molar refractivity (Wildman–Crippen MR) is 71.4 cm³/mol. The minimum atomic E-state index is -0.161. The van der Waals surface area contributed by atoms with Crippen molar-refractivity contribution in [3.63, 3.8) is 0 Å². The molecule has 4 heteroatoms. The van der Waals surface area contributed by atoms with E-state index in [4.69, 9.17) is 4.74 Å². The van der Waals surface area contributed by atoms with E-state index in [-0.39, 0.29) is 11.3 Å². The van der Waals surface area contributed by atoms with E-state index in [2.05, 4.69) is 12.2 Å². The van der Waals surface area contributed by atoms with Crippen LogP contribution in [0.15, 0.2) is 0 Å². The molecule has 1 atom stereocenters. The molecule has 0 spiro atoms. The van der Waals surface area contributed by atoms with E-state index in [1.54, 1.807) is 0 Å². The van der Waals surface area contributed by atoms with Gasteiger partial charge in [0.15, 0.2) is 0 Å². The summed E-state index contributed by atoms with van der Waals surface area (Å²) in [5.41, 5.74) is -0.161. The number of carbonyl (C=O) groups excluding carboxylic acids is 1. The Kier molecular flexibility index (Phi) is 4.62. The summed E-state index contributed by atoms with van der Waals surface area (Å²) in [7, 11) is 1.90. The Balaban J connectivity index is 1.72. The minimum Gasteiger partial charge on any atom is -0.379 e. The SMILES string of the molecule is CCC1(C(=O)N(C)CCOCC2CC2)CCNC1. The van der Waals surface area contributed by atoms with Crippen molar-refractivity contribution in [1.29, 1.82) is 0 Å². The van der Waals surface area contributed by atoms with Gasteiger partial charge in [0, 0.05) is 26.7 Å². The molecular weight excluding hydrogens is 228 g/mol. The fourth-order valence-electron chi connectivity index (χ4n) is 2.62. The van der Waals surface area contributed by atoms with Crippen LogP contribution >= 0.6 is 0 Å². The molecule has 1 unspecified atom stereocenters. The van der Waals surface area contributed by atoms with E-state index >= 15 is 0 Å². The van der Waals surface area contributed by atoms with Crippen molar-refractivity contribution >= 4 is 5.91 Å². The maximum Gasteiger partial charge on any atom is 0.229 e. The quantitative estimate of drug-likeness (QED) is 0.696. The lowest BCUT2D eigenvalue weighted by molar-refractivity contribution is -0.140. The molecule has 1 saturated carbocycles. The van der Waals surface area contributed by atoms with E-state index < -0.39 is 0 Å². The molecule has 0 aromatic rings. The van der Waals surface area contributed by atoms with Crippen molar-refractivity contribution in [2.45, 2.75) is 32.6 Å². The van der Waals surface area contributed by atoms with Gasteiger partial charge < -0.3 is 15.0 Å². The molecule has 1 amide bonds. The number of likely N-dealkylation sites (N-methyl/N-ethyl adjacent to an activating group) is 1. The van der Waals surface area contributed by atoms with Crippen LogP contribution in [0.25, 0.3) is 0 Å². The second-order valence-corrected chi connectivity index (χ2v) is 5.81. The molecule has 0 radical (unpaired) electrons. The molecule has 0 bridgehead atoms. The van der Waals surface area contributed by atoms with Crippen molar-refractivity contribution in [2.75, 3.05) is 39.9 Å². The molecule has 1 N–H and O–H groups in total. The first-order valence-corrected chi connectivity index (χ1v) is 7.22. The second kappa shape index (κ2) is 6.02. The van der Waals surface area contributed by atoms with Crippen LogP contribution in [-0.4, -0.2) is 50.7 Å². The molecule has 104 valence electrons. The Hall–Kier alpha value is -0.610. The summed E-state index contributed by atoms with van der Waals surface area (Å²) in [5.74, 6) is 1.08. The molecule has 1 heterocycles. The van der Waals surface area contributed by atoms with Crippen molar-refractivity contribution in [3.8, 4) is 0 Å². The molecular formula is C14H26N2O2. The van der Waals surface area contributed by atoms with Crippen LogP contribution in [0.4, 0.5) is 0 Å². The summed E-state index contributed by atoms with van der Waals surface area (Å²) >= 11 is 0. The first kappa shape index (κ1) is 13.8. The van der Waals surface area contributed by atoms with Crippen molar-refractivity contribution in [2.24, 2.45) is 11.3 Å². The fourth-order valence-corrected chi connectivity index (χ4v) is 2.62. The van der Waals surface area contributed by atoms with Gasteiger partial charge in [-0.1, -0.05) is 6.92 Å². The van der Waals surface area contributed by atoms with Crippen molar-refractivity contribution in [1.82, 2.24) is 10.2 Å². The third kappa shape index (κ3) is 3.23. The summed E-state index contributed by atoms with van der Waals surface area (Å²) in [4.78, 5) is 14.3. The highest BCUT2D eigenvalue weighted by Crippen LogP contribution is 2.31. The fraction of sp³-hybridized carbons (Fsp3) is 0.929. The van der Waals surface area contributed by atoms with E-state index in [9.17, 15) is 4.79 Å². The summed E-state index contributed by atoms with van der Waals surface area (Å²) in [6.07, 6.45) is 4.53. The molecule has 1 aliphatic carbocycles. The Labute approximate surface area is 110 Å². The molecule has 0 aromatic carbocycles. The lowest BCUT2D eigenvalue weighted by atomic mass is 9.83. The molecule has 4 nitrogen and oxygen atoms in total. The van der Waals surface area contributed by atoms with Crippen LogP contribution in [0, 0.1) is 11.3 Å². The Morgan fingerprint density at radius 2 is 2.28 bits per heavy atom. The highest BCUT2D eigenvalue weighted by atomic mass is 16.5. The minimum absolute atomic E-state index is 0.161. The summed E-state index contributed by atoms with van der Waals surface area (Å²) < 4.78 is 5.60. The van der Waals surface area contributed by atoms with Crippen molar-refractivity contribution in [3.05, 3.63) is 0 Å². The zero-order chi connectivity index (χ0) is 13.0. The third-order valence-electron chi connectivity index (χ3n) is 4.34. The molecule has 2 fully saturated rings. The number of hydrogen-bond donors (Lipinski definition) is 1. The van der Waals surface area contributed by atoms with Crippen LogP contribution in [0.1, 0.15) is 32.6 Å². The normalized spacial score (nSPS) is 27.4. The molecule has 18 heavy (non-hydrogen) atoms. The first-order chi connectivity index (χ1) is 8.68. The number of rotatable bonds is 7.